The zero-order valence-corrected chi connectivity index (χ0v) is 22.2. The van der Waals surface area contributed by atoms with Gasteiger partial charge in [-0.2, -0.15) is 0 Å². The van der Waals surface area contributed by atoms with Crippen molar-refractivity contribution >= 4 is 21.5 Å². The third-order valence-corrected chi connectivity index (χ3v) is 9.68. The molecule has 0 atom stereocenters. The van der Waals surface area contributed by atoms with E-state index in [0.717, 1.165) is 11.5 Å². The van der Waals surface area contributed by atoms with E-state index in [4.69, 9.17) is 4.74 Å². The molecule has 0 N–H and O–H groups in total. The maximum Gasteiger partial charge on any atom is 0.228 e. The number of nitrogens with zero attached hydrogens (tertiary/aromatic N) is 1. The van der Waals surface area contributed by atoms with Crippen LogP contribution in [0.4, 0.5) is 0 Å². The quantitative estimate of drug-likeness (QED) is 0.243. The van der Waals surface area contributed by atoms with E-state index in [1.54, 1.807) is 0 Å². The molecule has 0 radical (unpaired) electrons. The highest BCUT2D eigenvalue weighted by molar-refractivity contribution is 6.07. The molecular formula is C33H38NO+. The van der Waals surface area contributed by atoms with Crippen molar-refractivity contribution in [2.45, 2.75) is 79.1 Å². The molecule has 4 aromatic rings. The number of rotatable bonds is 3. The largest absolute Gasteiger partial charge is 0.455 e. The van der Waals surface area contributed by atoms with Gasteiger partial charge in [0.1, 0.15) is 18.5 Å². The minimum Gasteiger partial charge on any atom is -0.455 e. The summed E-state index contributed by atoms with van der Waals surface area (Å²) in [6.07, 6.45) is 10.1. The second kappa shape index (κ2) is 8.08. The molecule has 180 valence electrons. The topological polar surface area (TPSA) is 13.1 Å². The number of aryl methyl sites for hydroxylation is 4. The van der Waals surface area contributed by atoms with E-state index in [1.165, 1.54) is 93.6 Å². The Hall–Kier alpha value is -2.87. The molecule has 0 bridgehead atoms. The smallest absolute Gasteiger partial charge is 0.228 e. The van der Waals surface area contributed by atoms with Gasteiger partial charge in [0.25, 0.3) is 0 Å². The van der Waals surface area contributed by atoms with E-state index in [2.05, 4.69) is 88.8 Å². The lowest BCUT2D eigenvalue weighted by molar-refractivity contribution is -0.659. The van der Waals surface area contributed by atoms with Crippen molar-refractivity contribution in [3.8, 4) is 22.8 Å². The van der Waals surface area contributed by atoms with Gasteiger partial charge in [0.05, 0.1) is 10.9 Å². The Labute approximate surface area is 209 Å². The molecule has 2 heterocycles. The van der Waals surface area contributed by atoms with Gasteiger partial charge in [0.2, 0.25) is 5.69 Å². The molecular weight excluding hydrogens is 426 g/mol. The van der Waals surface area contributed by atoms with E-state index in [1.807, 2.05) is 0 Å². The lowest BCUT2D eigenvalue weighted by Crippen LogP contribution is -2.32. The summed E-state index contributed by atoms with van der Waals surface area (Å²) >= 11 is 0. The molecule has 0 amide bonds. The van der Waals surface area contributed by atoms with Crippen LogP contribution >= 0.6 is 0 Å². The zero-order chi connectivity index (χ0) is 24.5. The van der Waals surface area contributed by atoms with E-state index < -0.39 is 0 Å². The summed E-state index contributed by atoms with van der Waals surface area (Å²) in [5.74, 6) is 2.71. The van der Waals surface area contributed by atoms with Crippen LogP contribution in [0.1, 0.15) is 80.5 Å². The van der Waals surface area contributed by atoms with Crippen LogP contribution < -0.4 is 9.30 Å². The Balaban J connectivity index is 1.54. The second-order valence-corrected chi connectivity index (χ2v) is 11.3. The summed E-state index contributed by atoms with van der Waals surface area (Å²) in [6.45, 7) is 11.5. The van der Waals surface area contributed by atoms with Crippen molar-refractivity contribution in [3.05, 3.63) is 64.8 Å². The molecule has 1 aliphatic carbocycles. The van der Waals surface area contributed by atoms with Gasteiger partial charge in [-0.15, -0.1) is 0 Å². The van der Waals surface area contributed by atoms with Crippen molar-refractivity contribution in [3.63, 3.8) is 0 Å². The van der Waals surface area contributed by atoms with E-state index >= 15 is 0 Å². The van der Waals surface area contributed by atoms with Gasteiger partial charge in [0.15, 0.2) is 6.20 Å². The molecule has 2 nitrogen and oxygen atoms in total. The first kappa shape index (κ1) is 22.6. The van der Waals surface area contributed by atoms with E-state index in [9.17, 15) is 0 Å². The van der Waals surface area contributed by atoms with Crippen LogP contribution in [0.15, 0.2) is 42.6 Å². The number of fused-ring (bicyclic) bond motifs is 3. The molecule has 1 aliphatic heterocycles. The highest BCUT2D eigenvalue weighted by atomic mass is 16.5. The van der Waals surface area contributed by atoms with Crippen LogP contribution in [0.2, 0.25) is 0 Å². The molecule has 35 heavy (non-hydrogen) atoms. The Kier molecular flexibility index (Phi) is 5.22. The van der Waals surface area contributed by atoms with Gasteiger partial charge in [-0.05, 0) is 96.7 Å². The number of benzene rings is 3. The molecule has 6 rings (SSSR count). The Bertz CT molecular complexity index is 1480. The SMILES string of the molecule is CCC1(CC)CCC(c2cc3c4c([n+](C)ccc4c2)-c2c(c(C)c4c(C)cccc4c2C)O3)CC1. The predicted octanol–water partition coefficient (Wildman–Crippen LogP) is 8.98. The molecule has 2 aliphatic rings. The summed E-state index contributed by atoms with van der Waals surface area (Å²) in [7, 11) is 2.17. The number of aromatic nitrogens is 1. The van der Waals surface area contributed by atoms with Gasteiger partial charge in [-0.3, -0.25) is 0 Å². The first-order valence-electron chi connectivity index (χ1n) is 13.5. The maximum atomic E-state index is 6.88. The Morgan fingerprint density at radius 1 is 0.943 bits per heavy atom. The van der Waals surface area contributed by atoms with Gasteiger partial charge < -0.3 is 4.74 Å². The van der Waals surface area contributed by atoms with Gasteiger partial charge in [-0.1, -0.05) is 51.0 Å². The van der Waals surface area contributed by atoms with Crippen molar-refractivity contribution in [2.24, 2.45) is 12.5 Å². The minimum absolute atomic E-state index is 0.561. The van der Waals surface area contributed by atoms with E-state index in [0.29, 0.717) is 11.3 Å². The van der Waals surface area contributed by atoms with Crippen LogP contribution in [0.5, 0.6) is 11.5 Å². The molecule has 0 spiro atoms. The normalized spacial score (nSPS) is 17.0. The molecule has 0 unspecified atom stereocenters. The average molecular weight is 465 g/mol. The first-order valence-corrected chi connectivity index (χ1v) is 13.5. The third kappa shape index (κ3) is 3.25. The van der Waals surface area contributed by atoms with Gasteiger partial charge in [0, 0.05) is 11.6 Å². The number of hydrogen-bond donors (Lipinski definition) is 0. The molecule has 1 fully saturated rings. The maximum absolute atomic E-state index is 6.88. The lowest BCUT2D eigenvalue weighted by Gasteiger charge is -2.39. The van der Waals surface area contributed by atoms with Crippen LogP contribution in [0.25, 0.3) is 32.8 Å². The molecule has 3 aromatic carbocycles. The highest BCUT2D eigenvalue weighted by Gasteiger charge is 2.35. The van der Waals surface area contributed by atoms with Gasteiger partial charge in [-0.25, -0.2) is 4.57 Å². The number of pyridine rings is 1. The molecule has 1 saturated carbocycles. The van der Waals surface area contributed by atoms with Crippen molar-refractivity contribution in [2.75, 3.05) is 0 Å². The lowest BCUT2D eigenvalue weighted by atomic mass is 9.66. The summed E-state index contributed by atoms with van der Waals surface area (Å²) < 4.78 is 9.17. The molecule has 2 heteroatoms. The van der Waals surface area contributed by atoms with Crippen LogP contribution in [-0.2, 0) is 7.05 Å². The molecule has 1 aromatic heterocycles. The van der Waals surface area contributed by atoms with Crippen molar-refractivity contribution in [1.82, 2.24) is 0 Å². The second-order valence-electron chi connectivity index (χ2n) is 11.3. The zero-order valence-electron chi connectivity index (χ0n) is 22.2. The monoisotopic (exact) mass is 464 g/mol. The minimum atomic E-state index is 0.561. The summed E-state index contributed by atoms with van der Waals surface area (Å²) in [5, 5.41) is 5.23. The number of ether oxygens (including phenoxy) is 1. The standard InChI is InChI=1S/C33H38NO/c1-7-33(8-2)15-12-23(13-16-33)25-18-24-14-17-34(6)31-29-21(4)26-11-9-10-20(3)28(26)22(5)32(29)35-27(19-25)30(24)31/h9-11,14,17-19,23H,7-8,12-13,15-16H2,1-6H3/q+1. The summed E-state index contributed by atoms with van der Waals surface area (Å²) in [6, 6.07) is 13.8. The van der Waals surface area contributed by atoms with E-state index in [-0.39, 0.29) is 0 Å². The fraction of sp³-hybridized carbons (Fsp3) is 0.424. The van der Waals surface area contributed by atoms with Crippen molar-refractivity contribution < 1.29 is 9.30 Å². The fourth-order valence-corrected chi connectivity index (χ4v) is 7.23. The Morgan fingerprint density at radius 3 is 2.40 bits per heavy atom. The van der Waals surface area contributed by atoms with Crippen LogP contribution in [0, 0.1) is 26.2 Å². The van der Waals surface area contributed by atoms with Crippen molar-refractivity contribution in [1.29, 1.82) is 0 Å². The third-order valence-electron chi connectivity index (χ3n) is 9.68. The predicted molar refractivity (Wildman–Crippen MR) is 147 cm³/mol. The van der Waals surface area contributed by atoms with Crippen LogP contribution in [-0.4, -0.2) is 0 Å². The summed E-state index contributed by atoms with van der Waals surface area (Å²) in [4.78, 5) is 0. The fourth-order valence-electron chi connectivity index (χ4n) is 7.23. The molecule has 0 saturated heterocycles. The first-order chi connectivity index (χ1) is 16.9. The summed E-state index contributed by atoms with van der Waals surface area (Å²) in [5.41, 5.74) is 8.43. The van der Waals surface area contributed by atoms with Gasteiger partial charge >= 0.3 is 0 Å². The highest BCUT2D eigenvalue weighted by Crippen LogP contribution is 2.53. The Morgan fingerprint density at radius 2 is 1.69 bits per heavy atom. The average Bonchev–Trinajstić information content (AvgIpc) is 2.88. The van der Waals surface area contributed by atoms with Crippen LogP contribution in [0.3, 0.4) is 0 Å². The number of hydrogen-bond acceptors (Lipinski definition) is 1.